The second kappa shape index (κ2) is 3.78. The molecule has 2 aromatic rings. The molecule has 0 saturated heterocycles. The molecule has 2 rings (SSSR count). The number of nitrogen functional groups attached to an aromatic ring is 1. The molecule has 15 heavy (non-hydrogen) atoms. The van der Waals surface area contributed by atoms with E-state index in [9.17, 15) is 4.79 Å². The van der Waals surface area contributed by atoms with Gasteiger partial charge in [0, 0.05) is 6.20 Å². The Morgan fingerprint density at radius 3 is 2.67 bits per heavy atom. The number of carbonyl (C=O) groups excluding carboxylic acids is 1. The molecule has 2 heterocycles. The first-order chi connectivity index (χ1) is 7.16. The highest BCUT2D eigenvalue weighted by Gasteiger charge is 2.12. The summed E-state index contributed by atoms with van der Waals surface area (Å²) in [7, 11) is 0. The van der Waals surface area contributed by atoms with E-state index in [4.69, 9.17) is 5.73 Å². The average molecular weight is 219 g/mol. The van der Waals surface area contributed by atoms with Crippen LogP contribution in [0, 0.1) is 6.92 Å². The lowest BCUT2D eigenvalue weighted by molar-refractivity contribution is 0.103. The van der Waals surface area contributed by atoms with Crippen LogP contribution in [-0.2, 0) is 0 Å². The Hall–Kier alpha value is -1.75. The summed E-state index contributed by atoms with van der Waals surface area (Å²) >= 11 is 1.36. The van der Waals surface area contributed by atoms with Crippen LogP contribution in [0.4, 0.5) is 5.69 Å². The van der Waals surface area contributed by atoms with Crippen LogP contribution in [0.1, 0.15) is 20.4 Å². The summed E-state index contributed by atoms with van der Waals surface area (Å²) in [6, 6.07) is 3.28. The van der Waals surface area contributed by atoms with Gasteiger partial charge in [-0.2, -0.15) is 0 Å². The minimum atomic E-state index is -0.111. The average Bonchev–Trinajstić information content (AvgIpc) is 2.65. The van der Waals surface area contributed by atoms with E-state index in [1.54, 1.807) is 18.3 Å². The van der Waals surface area contributed by atoms with Gasteiger partial charge in [-0.25, -0.2) is 4.98 Å². The zero-order valence-corrected chi connectivity index (χ0v) is 8.91. The van der Waals surface area contributed by atoms with Gasteiger partial charge in [0.25, 0.3) is 0 Å². The van der Waals surface area contributed by atoms with Crippen molar-refractivity contribution in [3.05, 3.63) is 40.1 Å². The van der Waals surface area contributed by atoms with Crippen molar-refractivity contribution in [2.24, 2.45) is 0 Å². The Morgan fingerprint density at radius 2 is 2.13 bits per heavy atom. The highest BCUT2D eigenvalue weighted by atomic mass is 32.1. The van der Waals surface area contributed by atoms with Crippen LogP contribution in [0.2, 0.25) is 0 Å². The minimum Gasteiger partial charge on any atom is -0.397 e. The predicted molar refractivity (Wildman–Crippen MR) is 58.9 cm³/mol. The van der Waals surface area contributed by atoms with Gasteiger partial charge in [0.05, 0.1) is 21.8 Å². The number of carbonyl (C=O) groups is 1. The van der Waals surface area contributed by atoms with Crippen molar-refractivity contribution in [3.8, 4) is 0 Å². The fourth-order valence-electron chi connectivity index (χ4n) is 1.13. The first-order valence-corrected chi connectivity index (χ1v) is 5.17. The number of nitrogens with zero attached hydrogens (tertiary/aromatic N) is 2. The van der Waals surface area contributed by atoms with Crippen molar-refractivity contribution in [2.75, 3.05) is 5.73 Å². The third-order valence-electron chi connectivity index (χ3n) is 1.86. The summed E-state index contributed by atoms with van der Waals surface area (Å²) in [6.07, 6.45) is 3.04. The highest BCUT2D eigenvalue weighted by molar-refractivity contribution is 7.13. The van der Waals surface area contributed by atoms with E-state index < -0.39 is 0 Å². The zero-order chi connectivity index (χ0) is 10.8. The lowest BCUT2D eigenvalue weighted by atomic mass is 10.2. The zero-order valence-electron chi connectivity index (χ0n) is 8.10. The molecule has 0 aromatic carbocycles. The molecule has 4 nitrogen and oxygen atoms in total. The quantitative estimate of drug-likeness (QED) is 0.780. The van der Waals surface area contributed by atoms with Gasteiger partial charge in [-0.1, -0.05) is 0 Å². The lowest BCUT2D eigenvalue weighted by Gasteiger charge is -1.96. The summed E-state index contributed by atoms with van der Waals surface area (Å²) in [5.41, 5.74) is 6.43. The number of nitrogens with two attached hydrogens (primary N) is 1. The van der Waals surface area contributed by atoms with Gasteiger partial charge in [0.2, 0.25) is 5.78 Å². The third-order valence-corrected chi connectivity index (χ3v) is 2.78. The van der Waals surface area contributed by atoms with E-state index in [1.807, 2.05) is 6.92 Å². The highest BCUT2D eigenvalue weighted by Crippen LogP contribution is 2.15. The lowest BCUT2D eigenvalue weighted by Crippen LogP contribution is -2.02. The summed E-state index contributed by atoms with van der Waals surface area (Å²) < 4.78 is 0. The van der Waals surface area contributed by atoms with Crippen molar-refractivity contribution in [1.29, 1.82) is 0 Å². The second-order valence-corrected chi connectivity index (χ2v) is 4.28. The molecule has 2 aromatic heterocycles. The molecule has 0 aliphatic heterocycles. The van der Waals surface area contributed by atoms with Gasteiger partial charge in [0.1, 0.15) is 5.69 Å². The maximum absolute atomic E-state index is 11.8. The number of ketones is 1. The summed E-state index contributed by atoms with van der Waals surface area (Å²) in [5, 5.41) is 0.869. The van der Waals surface area contributed by atoms with E-state index in [0.717, 1.165) is 5.01 Å². The van der Waals surface area contributed by atoms with Crippen molar-refractivity contribution in [1.82, 2.24) is 9.97 Å². The second-order valence-electron chi connectivity index (χ2n) is 3.05. The number of anilines is 1. The van der Waals surface area contributed by atoms with Crippen LogP contribution in [-0.4, -0.2) is 15.8 Å². The largest absolute Gasteiger partial charge is 0.397 e. The van der Waals surface area contributed by atoms with Crippen LogP contribution in [0.15, 0.2) is 24.5 Å². The SMILES string of the molecule is Cc1ncc(C(=O)c2ccc(N)cn2)s1. The van der Waals surface area contributed by atoms with E-state index in [2.05, 4.69) is 9.97 Å². The third kappa shape index (κ3) is 2.02. The van der Waals surface area contributed by atoms with Crippen LogP contribution < -0.4 is 5.73 Å². The molecule has 0 fully saturated rings. The molecule has 0 radical (unpaired) electrons. The van der Waals surface area contributed by atoms with Gasteiger partial charge in [-0.15, -0.1) is 11.3 Å². The molecule has 5 heteroatoms. The molecule has 76 valence electrons. The fourth-order valence-corrected chi connectivity index (χ4v) is 1.86. The van der Waals surface area contributed by atoms with E-state index >= 15 is 0 Å². The molecule has 0 bridgehead atoms. The predicted octanol–water partition coefficient (Wildman–Crippen LogP) is 1.66. The van der Waals surface area contributed by atoms with E-state index in [0.29, 0.717) is 16.3 Å². The Labute approximate surface area is 90.8 Å². The molecular weight excluding hydrogens is 210 g/mol. The number of rotatable bonds is 2. The molecule has 0 atom stereocenters. The molecule has 0 unspecified atom stereocenters. The number of aryl methyl sites for hydroxylation is 1. The van der Waals surface area contributed by atoms with Crippen LogP contribution in [0.25, 0.3) is 0 Å². The Kier molecular flexibility index (Phi) is 2.47. The van der Waals surface area contributed by atoms with Crippen molar-refractivity contribution < 1.29 is 4.79 Å². The Morgan fingerprint density at radius 1 is 1.33 bits per heavy atom. The van der Waals surface area contributed by atoms with Gasteiger partial charge < -0.3 is 5.73 Å². The molecule has 0 amide bonds. The van der Waals surface area contributed by atoms with Gasteiger partial charge in [-0.05, 0) is 19.1 Å². The van der Waals surface area contributed by atoms with Crippen molar-refractivity contribution >= 4 is 22.8 Å². The van der Waals surface area contributed by atoms with Gasteiger partial charge in [0.15, 0.2) is 0 Å². The molecule has 2 N–H and O–H groups in total. The van der Waals surface area contributed by atoms with Crippen LogP contribution in [0.5, 0.6) is 0 Å². The smallest absolute Gasteiger partial charge is 0.222 e. The fraction of sp³-hybridized carbons (Fsp3) is 0.100. The summed E-state index contributed by atoms with van der Waals surface area (Å²) in [5.74, 6) is -0.111. The molecule has 0 aliphatic rings. The Bertz CT molecular complexity index is 490. The number of hydrogen-bond donors (Lipinski definition) is 1. The first-order valence-electron chi connectivity index (χ1n) is 4.35. The maximum Gasteiger partial charge on any atom is 0.222 e. The molecule has 0 saturated carbocycles. The maximum atomic E-state index is 11.8. The summed E-state index contributed by atoms with van der Waals surface area (Å²) in [4.78, 5) is 20.4. The molecular formula is C10H9N3OS. The standard InChI is InChI=1S/C10H9N3OS/c1-6-12-5-9(15-6)10(14)8-3-2-7(11)4-13-8/h2-5H,11H2,1H3. The van der Waals surface area contributed by atoms with E-state index in [1.165, 1.54) is 17.5 Å². The normalized spacial score (nSPS) is 10.2. The number of thiazole rings is 1. The van der Waals surface area contributed by atoms with Crippen molar-refractivity contribution in [2.45, 2.75) is 6.92 Å². The van der Waals surface area contributed by atoms with Crippen LogP contribution in [0.3, 0.4) is 0 Å². The topological polar surface area (TPSA) is 68.9 Å². The number of hydrogen-bond acceptors (Lipinski definition) is 5. The molecule has 0 spiro atoms. The number of aromatic nitrogens is 2. The number of pyridine rings is 1. The van der Waals surface area contributed by atoms with E-state index in [-0.39, 0.29) is 5.78 Å². The Balaban J connectivity index is 2.32. The monoisotopic (exact) mass is 219 g/mol. The minimum absolute atomic E-state index is 0.111. The van der Waals surface area contributed by atoms with Crippen LogP contribution >= 0.6 is 11.3 Å². The van der Waals surface area contributed by atoms with Gasteiger partial charge >= 0.3 is 0 Å². The van der Waals surface area contributed by atoms with Gasteiger partial charge in [-0.3, -0.25) is 9.78 Å². The summed E-state index contributed by atoms with van der Waals surface area (Å²) in [6.45, 7) is 1.86. The van der Waals surface area contributed by atoms with Crippen molar-refractivity contribution in [3.63, 3.8) is 0 Å². The first kappa shape index (κ1) is 9.79. The molecule has 0 aliphatic carbocycles.